The number of ketones is 1. The number of aryl methyl sites for hydroxylation is 1. The number of esters is 1. The van der Waals surface area contributed by atoms with Gasteiger partial charge in [0, 0.05) is 41.6 Å². The molecule has 0 fully saturated rings. The summed E-state index contributed by atoms with van der Waals surface area (Å²) in [4.78, 5) is 26.3. The van der Waals surface area contributed by atoms with Gasteiger partial charge in [-0.3, -0.25) is 4.79 Å². The molecule has 0 saturated heterocycles. The highest BCUT2D eigenvalue weighted by atomic mass is 16.5. The molecule has 0 radical (unpaired) electrons. The molecule has 2 heterocycles. The zero-order valence-electron chi connectivity index (χ0n) is 17.8. The minimum absolute atomic E-state index is 0.103. The standard InChI is InChI=1S/C24H28N2O3/c1-6-29-23(28)20-14(2)25-16-12-24(3,4)13-19(27)21(16)22(20)18-11-15-9-7-8-10-17(15)26(18)5/h7-11,22,25H,6,12-13H2,1-5H3. The highest BCUT2D eigenvalue weighted by Crippen LogP contribution is 2.47. The van der Waals surface area contributed by atoms with Crippen LogP contribution in [-0.2, 0) is 21.4 Å². The molecular formula is C24H28N2O3. The summed E-state index contributed by atoms with van der Waals surface area (Å²) in [5.74, 6) is -0.684. The number of para-hydroxylation sites is 1. The predicted molar refractivity (Wildman–Crippen MR) is 113 cm³/mol. The Labute approximate surface area is 171 Å². The van der Waals surface area contributed by atoms with Crippen molar-refractivity contribution in [3.63, 3.8) is 0 Å². The van der Waals surface area contributed by atoms with Crippen LogP contribution in [0.25, 0.3) is 10.9 Å². The van der Waals surface area contributed by atoms with Gasteiger partial charge in [0.1, 0.15) is 0 Å². The van der Waals surface area contributed by atoms with Crippen LogP contribution in [-0.4, -0.2) is 22.9 Å². The molecule has 1 N–H and O–H groups in total. The quantitative estimate of drug-likeness (QED) is 0.789. The van der Waals surface area contributed by atoms with E-state index in [0.717, 1.165) is 34.4 Å². The maximum absolute atomic E-state index is 13.3. The molecular weight excluding hydrogens is 364 g/mol. The van der Waals surface area contributed by atoms with Gasteiger partial charge in [0.05, 0.1) is 18.1 Å². The third-order valence-corrected chi connectivity index (χ3v) is 6.02. The van der Waals surface area contributed by atoms with E-state index >= 15 is 0 Å². The molecule has 1 aliphatic carbocycles. The average Bonchev–Trinajstić information content (AvgIpc) is 2.96. The van der Waals surface area contributed by atoms with Crippen molar-refractivity contribution in [2.45, 2.75) is 46.5 Å². The smallest absolute Gasteiger partial charge is 0.336 e. The van der Waals surface area contributed by atoms with Gasteiger partial charge in [0.15, 0.2) is 5.78 Å². The van der Waals surface area contributed by atoms with E-state index < -0.39 is 5.92 Å². The van der Waals surface area contributed by atoms with Crippen LogP contribution in [0.15, 0.2) is 52.9 Å². The Balaban J connectivity index is 1.96. The summed E-state index contributed by atoms with van der Waals surface area (Å²) in [6, 6.07) is 10.2. The van der Waals surface area contributed by atoms with Crippen molar-refractivity contribution in [3.05, 3.63) is 58.6 Å². The maximum atomic E-state index is 13.3. The second-order valence-corrected chi connectivity index (χ2v) is 8.84. The van der Waals surface area contributed by atoms with Gasteiger partial charge in [-0.25, -0.2) is 4.79 Å². The minimum Gasteiger partial charge on any atom is -0.463 e. The van der Waals surface area contributed by atoms with Crippen molar-refractivity contribution in [1.29, 1.82) is 0 Å². The highest BCUT2D eigenvalue weighted by Gasteiger charge is 2.44. The summed E-state index contributed by atoms with van der Waals surface area (Å²) in [6.07, 6.45) is 1.26. The number of rotatable bonds is 3. The van der Waals surface area contributed by atoms with Gasteiger partial charge in [-0.05, 0) is 43.2 Å². The molecule has 0 saturated carbocycles. The fourth-order valence-corrected chi connectivity index (χ4v) is 4.80. The van der Waals surface area contributed by atoms with Gasteiger partial charge in [0.2, 0.25) is 0 Å². The van der Waals surface area contributed by atoms with Crippen LogP contribution in [0, 0.1) is 5.41 Å². The molecule has 152 valence electrons. The SMILES string of the molecule is CCOC(=O)C1=C(C)NC2=C(C(=O)CC(C)(C)C2)C1c1cc2ccccc2n1C. The molecule has 5 heteroatoms. The van der Waals surface area contributed by atoms with Crippen LogP contribution in [0.4, 0.5) is 0 Å². The molecule has 0 amide bonds. The summed E-state index contributed by atoms with van der Waals surface area (Å²) in [6.45, 7) is 8.22. The number of ether oxygens (including phenoxy) is 1. The van der Waals surface area contributed by atoms with Crippen molar-refractivity contribution in [2.75, 3.05) is 6.61 Å². The molecule has 1 aliphatic heterocycles. The normalized spacial score (nSPS) is 21.3. The Bertz CT molecular complexity index is 1080. The first kappa shape index (κ1) is 19.5. The largest absolute Gasteiger partial charge is 0.463 e. The number of nitrogens with zero attached hydrogens (tertiary/aromatic N) is 1. The van der Waals surface area contributed by atoms with E-state index in [2.05, 4.69) is 41.9 Å². The van der Waals surface area contributed by atoms with E-state index in [9.17, 15) is 9.59 Å². The lowest BCUT2D eigenvalue weighted by Crippen LogP contribution is -2.39. The first-order valence-corrected chi connectivity index (χ1v) is 10.2. The molecule has 4 rings (SSSR count). The van der Waals surface area contributed by atoms with Gasteiger partial charge in [-0.1, -0.05) is 32.0 Å². The number of hydrogen-bond acceptors (Lipinski definition) is 4. The molecule has 1 atom stereocenters. The van der Waals surface area contributed by atoms with Gasteiger partial charge in [-0.2, -0.15) is 0 Å². The van der Waals surface area contributed by atoms with Crippen molar-refractivity contribution in [3.8, 4) is 0 Å². The first-order valence-electron chi connectivity index (χ1n) is 10.2. The van der Waals surface area contributed by atoms with E-state index in [4.69, 9.17) is 4.74 Å². The van der Waals surface area contributed by atoms with E-state index in [1.165, 1.54) is 0 Å². The number of allylic oxidation sites excluding steroid dienone is 3. The van der Waals surface area contributed by atoms with Gasteiger partial charge < -0.3 is 14.6 Å². The Morgan fingerprint density at radius 2 is 2.00 bits per heavy atom. The number of hydrogen-bond donors (Lipinski definition) is 1. The molecule has 0 bridgehead atoms. The van der Waals surface area contributed by atoms with Crippen LogP contribution >= 0.6 is 0 Å². The van der Waals surface area contributed by atoms with E-state index in [-0.39, 0.29) is 17.2 Å². The molecule has 1 unspecified atom stereocenters. The zero-order chi connectivity index (χ0) is 20.9. The molecule has 1 aromatic heterocycles. The Morgan fingerprint density at radius 1 is 1.28 bits per heavy atom. The second-order valence-electron chi connectivity index (χ2n) is 8.84. The molecule has 2 aliphatic rings. The number of Topliss-reactive ketones (excluding diaryl/α,β-unsaturated/α-hetero) is 1. The lowest BCUT2D eigenvalue weighted by Gasteiger charge is -2.39. The third kappa shape index (κ3) is 3.18. The zero-order valence-corrected chi connectivity index (χ0v) is 17.8. The summed E-state index contributed by atoms with van der Waals surface area (Å²) < 4.78 is 7.49. The van der Waals surface area contributed by atoms with Gasteiger partial charge in [-0.15, -0.1) is 0 Å². The van der Waals surface area contributed by atoms with Crippen LogP contribution in [0.3, 0.4) is 0 Å². The van der Waals surface area contributed by atoms with Crippen LogP contribution in [0.2, 0.25) is 0 Å². The molecule has 2 aromatic rings. The number of carbonyl (C=O) groups is 2. The van der Waals surface area contributed by atoms with Crippen molar-refractivity contribution < 1.29 is 14.3 Å². The Morgan fingerprint density at radius 3 is 2.69 bits per heavy atom. The van der Waals surface area contributed by atoms with E-state index in [0.29, 0.717) is 24.2 Å². The Hall–Kier alpha value is -2.82. The lowest BCUT2D eigenvalue weighted by molar-refractivity contribution is -0.138. The first-order chi connectivity index (χ1) is 13.7. The molecule has 1 aromatic carbocycles. The lowest BCUT2D eigenvalue weighted by atomic mass is 9.69. The summed E-state index contributed by atoms with van der Waals surface area (Å²) in [7, 11) is 2.00. The summed E-state index contributed by atoms with van der Waals surface area (Å²) in [5.41, 5.74) is 4.86. The molecule has 29 heavy (non-hydrogen) atoms. The predicted octanol–water partition coefficient (Wildman–Crippen LogP) is 4.35. The van der Waals surface area contributed by atoms with Crippen LogP contribution < -0.4 is 5.32 Å². The number of carbonyl (C=O) groups excluding carboxylic acids is 2. The van der Waals surface area contributed by atoms with E-state index in [1.807, 2.05) is 26.1 Å². The third-order valence-electron chi connectivity index (χ3n) is 6.02. The molecule has 5 nitrogen and oxygen atoms in total. The molecule has 0 spiro atoms. The topological polar surface area (TPSA) is 60.3 Å². The number of aromatic nitrogens is 1. The summed E-state index contributed by atoms with van der Waals surface area (Å²) in [5, 5.41) is 4.47. The van der Waals surface area contributed by atoms with Gasteiger partial charge in [0.25, 0.3) is 0 Å². The number of benzene rings is 1. The average molecular weight is 392 g/mol. The van der Waals surface area contributed by atoms with Crippen molar-refractivity contribution >= 4 is 22.7 Å². The Kier molecular flexibility index (Phi) is 4.64. The fraction of sp³-hybridized carbons (Fsp3) is 0.417. The van der Waals surface area contributed by atoms with Crippen molar-refractivity contribution in [1.82, 2.24) is 9.88 Å². The van der Waals surface area contributed by atoms with Crippen LogP contribution in [0.1, 0.15) is 52.1 Å². The van der Waals surface area contributed by atoms with E-state index in [1.54, 1.807) is 6.92 Å². The second kappa shape index (κ2) is 6.90. The number of fused-ring (bicyclic) bond motifs is 1. The highest BCUT2D eigenvalue weighted by molar-refractivity contribution is 6.04. The number of nitrogens with one attached hydrogen (secondary N) is 1. The number of dihydropyridines is 1. The fourth-order valence-electron chi connectivity index (χ4n) is 4.80. The monoisotopic (exact) mass is 392 g/mol. The summed E-state index contributed by atoms with van der Waals surface area (Å²) >= 11 is 0. The van der Waals surface area contributed by atoms with Crippen molar-refractivity contribution in [2.24, 2.45) is 12.5 Å². The minimum atomic E-state index is -0.425. The van der Waals surface area contributed by atoms with Crippen LogP contribution in [0.5, 0.6) is 0 Å². The van der Waals surface area contributed by atoms with Gasteiger partial charge >= 0.3 is 5.97 Å². The maximum Gasteiger partial charge on any atom is 0.336 e.